The van der Waals surface area contributed by atoms with Crippen molar-refractivity contribution in [2.45, 2.75) is 12.1 Å². The number of nitrogens with one attached hydrogen (secondary N) is 1. The molecule has 1 heterocycles. The van der Waals surface area contributed by atoms with E-state index in [1.54, 1.807) is 24.3 Å². The van der Waals surface area contributed by atoms with E-state index in [0.29, 0.717) is 5.69 Å². The first kappa shape index (κ1) is 18.1. The second-order valence-electron chi connectivity index (χ2n) is 6.87. The SMILES string of the molecule is O=C(O)Nc1ccc(OC2CN(C(c3ccccc3)c3ccccc3)C2)cc1. The molecule has 1 saturated heterocycles. The van der Waals surface area contributed by atoms with Gasteiger partial charge in [-0.25, -0.2) is 4.79 Å². The van der Waals surface area contributed by atoms with Gasteiger partial charge in [-0.1, -0.05) is 60.7 Å². The molecule has 1 amide bonds. The molecule has 142 valence electrons. The molecule has 0 spiro atoms. The van der Waals surface area contributed by atoms with Gasteiger partial charge in [-0.05, 0) is 35.4 Å². The van der Waals surface area contributed by atoms with Crippen LogP contribution in [-0.2, 0) is 0 Å². The second-order valence-corrected chi connectivity index (χ2v) is 6.87. The molecule has 0 aliphatic carbocycles. The fourth-order valence-corrected chi connectivity index (χ4v) is 3.57. The van der Waals surface area contributed by atoms with E-state index in [0.717, 1.165) is 18.8 Å². The van der Waals surface area contributed by atoms with E-state index in [2.05, 4.69) is 58.7 Å². The molecule has 5 nitrogen and oxygen atoms in total. The Morgan fingerprint density at radius 2 is 1.43 bits per heavy atom. The van der Waals surface area contributed by atoms with Crippen LogP contribution >= 0.6 is 0 Å². The summed E-state index contributed by atoms with van der Waals surface area (Å²) in [4.78, 5) is 13.1. The highest BCUT2D eigenvalue weighted by Gasteiger charge is 2.35. The summed E-state index contributed by atoms with van der Waals surface area (Å²) in [7, 11) is 0. The lowest BCUT2D eigenvalue weighted by Crippen LogP contribution is -2.55. The van der Waals surface area contributed by atoms with E-state index < -0.39 is 6.09 Å². The number of ether oxygens (including phenoxy) is 1. The first-order chi connectivity index (χ1) is 13.7. The fourth-order valence-electron chi connectivity index (χ4n) is 3.57. The number of carboxylic acid groups (broad SMARTS) is 1. The second kappa shape index (κ2) is 8.15. The Morgan fingerprint density at radius 3 is 1.93 bits per heavy atom. The molecule has 0 saturated carbocycles. The third-order valence-corrected chi connectivity index (χ3v) is 4.88. The third-order valence-electron chi connectivity index (χ3n) is 4.88. The highest BCUT2D eigenvalue weighted by atomic mass is 16.5. The standard InChI is InChI=1S/C23H22N2O3/c26-23(27)24-19-11-13-20(14-12-19)28-21-15-25(16-21)22(17-7-3-1-4-8-17)18-9-5-2-6-10-18/h1-14,21-22,24H,15-16H2,(H,26,27). The number of nitrogens with zero attached hydrogens (tertiary/aromatic N) is 1. The van der Waals surface area contributed by atoms with Gasteiger partial charge in [-0.2, -0.15) is 0 Å². The molecule has 1 aliphatic rings. The van der Waals surface area contributed by atoms with Crippen molar-refractivity contribution in [3.63, 3.8) is 0 Å². The first-order valence-corrected chi connectivity index (χ1v) is 9.29. The quantitative estimate of drug-likeness (QED) is 0.660. The van der Waals surface area contributed by atoms with Crippen LogP contribution in [0, 0.1) is 0 Å². The number of carbonyl (C=O) groups is 1. The topological polar surface area (TPSA) is 61.8 Å². The van der Waals surface area contributed by atoms with Gasteiger partial charge in [0.25, 0.3) is 0 Å². The van der Waals surface area contributed by atoms with Gasteiger partial charge in [0.05, 0.1) is 6.04 Å². The number of anilines is 1. The van der Waals surface area contributed by atoms with Crippen LogP contribution in [0.3, 0.4) is 0 Å². The van der Waals surface area contributed by atoms with Crippen LogP contribution in [0.25, 0.3) is 0 Å². The van der Waals surface area contributed by atoms with Gasteiger partial charge in [0, 0.05) is 18.8 Å². The minimum absolute atomic E-state index is 0.119. The number of benzene rings is 3. The van der Waals surface area contributed by atoms with Crippen molar-refractivity contribution >= 4 is 11.8 Å². The van der Waals surface area contributed by atoms with Gasteiger partial charge in [0.2, 0.25) is 0 Å². The minimum atomic E-state index is -1.07. The maximum absolute atomic E-state index is 10.7. The average Bonchev–Trinajstić information content (AvgIpc) is 2.69. The Hall–Kier alpha value is -3.31. The van der Waals surface area contributed by atoms with Gasteiger partial charge in [-0.3, -0.25) is 10.2 Å². The van der Waals surface area contributed by atoms with Crippen molar-refractivity contribution in [1.82, 2.24) is 4.90 Å². The molecule has 28 heavy (non-hydrogen) atoms. The van der Waals surface area contributed by atoms with Crippen LogP contribution in [0.2, 0.25) is 0 Å². The molecule has 0 bridgehead atoms. The highest BCUT2D eigenvalue weighted by molar-refractivity contribution is 5.82. The molecule has 0 radical (unpaired) electrons. The predicted molar refractivity (Wildman–Crippen MR) is 109 cm³/mol. The summed E-state index contributed by atoms with van der Waals surface area (Å²) in [5, 5.41) is 11.1. The Balaban J connectivity index is 1.41. The molecule has 3 aromatic rings. The molecule has 0 atom stereocenters. The fraction of sp³-hybridized carbons (Fsp3) is 0.174. The number of hydrogen-bond donors (Lipinski definition) is 2. The van der Waals surface area contributed by atoms with Crippen LogP contribution in [0.1, 0.15) is 17.2 Å². The smallest absolute Gasteiger partial charge is 0.409 e. The molecule has 1 fully saturated rings. The Kier molecular flexibility index (Phi) is 5.26. The number of hydrogen-bond acceptors (Lipinski definition) is 3. The summed E-state index contributed by atoms with van der Waals surface area (Å²) in [5.41, 5.74) is 3.08. The molecular weight excluding hydrogens is 352 g/mol. The van der Waals surface area contributed by atoms with Gasteiger partial charge in [-0.15, -0.1) is 0 Å². The van der Waals surface area contributed by atoms with E-state index in [-0.39, 0.29) is 12.1 Å². The van der Waals surface area contributed by atoms with E-state index in [1.807, 2.05) is 12.1 Å². The van der Waals surface area contributed by atoms with Crippen LogP contribution in [-0.4, -0.2) is 35.3 Å². The van der Waals surface area contributed by atoms with Crippen molar-refractivity contribution in [1.29, 1.82) is 0 Å². The zero-order valence-corrected chi connectivity index (χ0v) is 15.4. The lowest BCUT2D eigenvalue weighted by atomic mass is 9.94. The zero-order valence-electron chi connectivity index (χ0n) is 15.4. The van der Waals surface area contributed by atoms with Gasteiger partial charge >= 0.3 is 6.09 Å². The molecule has 0 unspecified atom stereocenters. The van der Waals surface area contributed by atoms with Crippen molar-refractivity contribution in [2.24, 2.45) is 0 Å². The zero-order chi connectivity index (χ0) is 19.3. The lowest BCUT2D eigenvalue weighted by molar-refractivity contribution is 0.000296. The van der Waals surface area contributed by atoms with Crippen molar-refractivity contribution < 1.29 is 14.6 Å². The summed E-state index contributed by atoms with van der Waals surface area (Å²) in [6.07, 6.45) is -0.954. The molecule has 3 aromatic carbocycles. The third kappa shape index (κ3) is 4.15. The van der Waals surface area contributed by atoms with E-state index in [4.69, 9.17) is 9.84 Å². The number of rotatable bonds is 6. The van der Waals surface area contributed by atoms with Gasteiger partial charge < -0.3 is 9.84 Å². The normalized spacial score (nSPS) is 14.5. The Labute approximate surface area is 164 Å². The number of likely N-dealkylation sites (tertiary alicyclic amines) is 1. The van der Waals surface area contributed by atoms with E-state index in [1.165, 1.54) is 11.1 Å². The first-order valence-electron chi connectivity index (χ1n) is 9.29. The van der Waals surface area contributed by atoms with Crippen molar-refractivity contribution in [3.05, 3.63) is 96.1 Å². The van der Waals surface area contributed by atoms with E-state index >= 15 is 0 Å². The molecular formula is C23H22N2O3. The molecule has 5 heteroatoms. The average molecular weight is 374 g/mol. The predicted octanol–water partition coefficient (Wildman–Crippen LogP) is 4.63. The van der Waals surface area contributed by atoms with Crippen molar-refractivity contribution in [3.8, 4) is 5.75 Å². The molecule has 4 rings (SSSR count). The lowest BCUT2D eigenvalue weighted by Gasteiger charge is -2.44. The Morgan fingerprint density at radius 1 is 0.893 bits per heavy atom. The minimum Gasteiger partial charge on any atom is -0.488 e. The van der Waals surface area contributed by atoms with Crippen LogP contribution in [0.15, 0.2) is 84.9 Å². The monoisotopic (exact) mass is 374 g/mol. The largest absolute Gasteiger partial charge is 0.488 e. The summed E-state index contributed by atoms with van der Waals surface area (Å²) in [6, 6.07) is 28.2. The summed E-state index contributed by atoms with van der Waals surface area (Å²) >= 11 is 0. The summed E-state index contributed by atoms with van der Waals surface area (Å²) < 4.78 is 6.05. The molecule has 1 aliphatic heterocycles. The maximum Gasteiger partial charge on any atom is 0.409 e. The summed E-state index contributed by atoms with van der Waals surface area (Å²) in [5.74, 6) is 0.747. The summed E-state index contributed by atoms with van der Waals surface area (Å²) in [6.45, 7) is 1.67. The van der Waals surface area contributed by atoms with Gasteiger partial charge in [0.1, 0.15) is 11.9 Å². The highest BCUT2D eigenvalue weighted by Crippen LogP contribution is 2.33. The Bertz CT molecular complexity index is 868. The van der Waals surface area contributed by atoms with Crippen LogP contribution < -0.4 is 10.1 Å². The molecule has 2 N–H and O–H groups in total. The number of amides is 1. The molecule has 0 aromatic heterocycles. The van der Waals surface area contributed by atoms with Crippen LogP contribution in [0.4, 0.5) is 10.5 Å². The maximum atomic E-state index is 10.7. The van der Waals surface area contributed by atoms with Crippen molar-refractivity contribution in [2.75, 3.05) is 18.4 Å². The van der Waals surface area contributed by atoms with Gasteiger partial charge in [0.15, 0.2) is 0 Å². The van der Waals surface area contributed by atoms with Crippen LogP contribution in [0.5, 0.6) is 5.75 Å². The van der Waals surface area contributed by atoms with E-state index in [9.17, 15) is 4.79 Å².